The Bertz CT molecular complexity index is 285. The van der Waals surface area contributed by atoms with Gasteiger partial charge in [0.15, 0.2) is 0 Å². The van der Waals surface area contributed by atoms with Gasteiger partial charge in [0.1, 0.15) is 0 Å². The lowest BCUT2D eigenvalue weighted by Crippen LogP contribution is -2.47. The first kappa shape index (κ1) is 16.3. The zero-order valence-electron chi connectivity index (χ0n) is 13.7. The van der Waals surface area contributed by atoms with E-state index in [1.807, 2.05) is 0 Å². The SMILES string of the molecule is CCCNC1C(CN2CCC(CO)CC2)CCC1(C)C. The van der Waals surface area contributed by atoms with Gasteiger partial charge < -0.3 is 15.3 Å². The molecule has 0 amide bonds. The minimum atomic E-state index is 0.380. The first-order valence-corrected chi connectivity index (χ1v) is 8.63. The summed E-state index contributed by atoms with van der Waals surface area (Å²) < 4.78 is 0. The standard InChI is InChI=1S/C17H34N2O/c1-4-9-18-16-15(5-8-17(16,2)3)12-19-10-6-14(13-20)7-11-19/h14-16,18,20H,4-13H2,1-3H3. The fourth-order valence-electron chi connectivity index (χ4n) is 4.14. The number of nitrogens with zero attached hydrogens (tertiary/aromatic N) is 1. The van der Waals surface area contributed by atoms with Crippen molar-refractivity contribution in [3.63, 3.8) is 0 Å². The van der Waals surface area contributed by atoms with Crippen molar-refractivity contribution in [2.75, 3.05) is 32.8 Å². The highest BCUT2D eigenvalue weighted by Gasteiger charge is 2.42. The predicted octanol–water partition coefficient (Wildman–Crippen LogP) is 2.50. The van der Waals surface area contributed by atoms with Crippen LogP contribution in [0.4, 0.5) is 0 Å². The summed E-state index contributed by atoms with van der Waals surface area (Å²) in [6.45, 7) is 12.3. The molecule has 3 heteroatoms. The van der Waals surface area contributed by atoms with E-state index < -0.39 is 0 Å². The van der Waals surface area contributed by atoms with Crippen molar-refractivity contribution < 1.29 is 5.11 Å². The molecule has 20 heavy (non-hydrogen) atoms. The third-order valence-electron chi connectivity index (χ3n) is 5.55. The molecule has 1 heterocycles. The fraction of sp³-hybridized carbons (Fsp3) is 1.00. The molecule has 0 radical (unpaired) electrons. The predicted molar refractivity (Wildman–Crippen MR) is 84.8 cm³/mol. The van der Waals surface area contributed by atoms with Crippen LogP contribution in [-0.4, -0.2) is 48.8 Å². The van der Waals surface area contributed by atoms with E-state index in [0.29, 0.717) is 24.0 Å². The van der Waals surface area contributed by atoms with Crippen LogP contribution >= 0.6 is 0 Å². The zero-order chi connectivity index (χ0) is 14.6. The normalized spacial score (nSPS) is 31.8. The second-order valence-corrected chi connectivity index (χ2v) is 7.65. The van der Waals surface area contributed by atoms with Crippen LogP contribution in [0.1, 0.15) is 52.9 Å². The van der Waals surface area contributed by atoms with Crippen molar-refractivity contribution in [1.82, 2.24) is 10.2 Å². The van der Waals surface area contributed by atoms with Crippen molar-refractivity contribution in [2.45, 2.75) is 58.9 Å². The highest BCUT2D eigenvalue weighted by molar-refractivity contribution is 4.97. The first-order valence-electron chi connectivity index (χ1n) is 8.63. The van der Waals surface area contributed by atoms with Gasteiger partial charge in [-0.05, 0) is 69.0 Å². The second kappa shape index (κ2) is 7.24. The van der Waals surface area contributed by atoms with E-state index in [1.165, 1.54) is 51.7 Å². The lowest BCUT2D eigenvalue weighted by atomic mass is 9.84. The molecular formula is C17H34N2O. The number of nitrogens with one attached hydrogen (secondary N) is 1. The number of likely N-dealkylation sites (tertiary alicyclic amines) is 1. The Morgan fingerprint density at radius 2 is 1.90 bits per heavy atom. The van der Waals surface area contributed by atoms with E-state index in [2.05, 4.69) is 31.0 Å². The molecule has 2 N–H and O–H groups in total. The molecule has 0 aromatic heterocycles. The molecule has 0 spiro atoms. The summed E-state index contributed by atoms with van der Waals surface area (Å²) in [6, 6.07) is 0.679. The summed E-state index contributed by atoms with van der Waals surface area (Å²) >= 11 is 0. The molecule has 118 valence electrons. The molecular weight excluding hydrogens is 248 g/mol. The highest BCUT2D eigenvalue weighted by Crippen LogP contribution is 2.41. The lowest BCUT2D eigenvalue weighted by molar-refractivity contribution is 0.110. The summed E-state index contributed by atoms with van der Waals surface area (Å²) in [5.41, 5.74) is 0.448. The molecule has 1 saturated carbocycles. The monoisotopic (exact) mass is 282 g/mol. The van der Waals surface area contributed by atoms with Crippen LogP contribution in [0.3, 0.4) is 0 Å². The molecule has 3 nitrogen and oxygen atoms in total. The van der Waals surface area contributed by atoms with Gasteiger partial charge in [-0.2, -0.15) is 0 Å². The van der Waals surface area contributed by atoms with E-state index in [-0.39, 0.29) is 0 Å². The van der Waals surface area contributed by atoms with Gasteiger partial charge in [0.25, 0.3) is 0 Å². The average Bonchev–Trinajstić information content (AvgIpc) is 2.72. The molecule has 2 aliphatic rings. The Morgan fingerprint density at radius 1 is 1.20 bits per heavy atom. The number of aliphatic hydroxyl groups excluding tert-OH is 1. The molecule has 0 aromatic carbocycles. The van der Waals surface area contributed by atoms with Gasteiger partial charge >= 0.3 is 0 Å². The van der Waals surface area contributed by atoms with E-state index in [9.17, 15) is 5.11 Å². The van der Waals surface area contributed by atoms with E-state index >= 15 is 0 Å². The van der Waals surface area contributed by atoms with Gasteiger partial charge in [0.2, 0.25) is 0 Å². The fourth-order valence-corrected chi connectivity index (χ4v) is 4.14. The van der Waals surface area contributed by atoms with Crippen molar-refractivity contribution >= 4 is 0 Å². The van der Waals surface area contributed by atoms with Gasteiger partial charge in [-0.25, -0.2) is 0 Å². The molecule has 0 bridgehead atoms. The van der Waals surface area contributed by atoms with Crippen LogP contribution in [-0.2, 0) is 0 Å². The Morgan fingerprint density at radius 3 is 2.50 bits per heavy atom. The summed E-state index contributed by atoms with van der Waals surface area (Å²) in [7, 11) is 0. The topological polar surface area (TPSA) is 35.5 Å². The van der Waals surface area contributed by atoms with Crippen LogP contribution in [0.15, 0.2) is 0 Å². The maximum atomic E-state index is 9.24. The summed E-state index contributed by atoms with van der Waals surface area (Å²) in [5, 5.41) is 13.1. The van der Waals surface area contributed by atoms with E-state index in [1.54, 1.807) is 0 Å². The van der Waals surface area contributed by atoms with Crippen molar-refractivity contribution in [3.8, 4) is 0 Å². The minimum absolute atomic E-state index is 0.380. The van der Waals surface area contributed by atoms with Gasteiger partial charge in [-0.1, -0.05) is 20.8 Å². The molecule has 2 rings (SSSR count). The minimum Gasteiger partial charge on any atom is -0.396 e. The van der Waals surface area contributed by atoms with Gasteiger partial charge in [0, 0.05) is 19.2 Å². The van der Waals surface area contributed by atoms with Crippen LogP contribution in [0.25, 0.3) is 0 Å². The van der Waals surface area contributed by atoms with Crippen LogP contribution in [0.5, 0.6) is 0 Å². The molecule has 1 aliphatic heterocycles. The smallest absolute Gasteiger partial charge is 0.0460 e. The van der Waals surface area contributed by atoms with Crippen molar-refractivity contribution in [2.24, 2.45) is 17.3 Å². The molecule has 2 atom stereocenters. The van der Waals surface area contributed by atoms with Crippen molar-refractivity contribution in [1.29, 1.82) is 0 Å². The molecule has 1 aliphatic carbocycles. The summed E-state index contributed by atoms with van der Waals surface area (Å²) in [6.07, 6.45) is 6.31. The van der Waals surface area contributed by atoms with E-state index in [0.717, 1.165) is 12.5 Å². The summed E-state index contributed by atoms with van der Waals surface area (Å²) in [4.78, 5) is 2.64. The maximum Gasteiger partial charge on any atom is 0.0460 e. The zero-order valence-corrected chi connectivity index (χ0v) is 13.7. The largest absolute Gasteiger partial charge is 0.396 e. The van der Waals surface area contributed by atoms with Crippen LogP contribution in [0.2, 0.25) is 0 Å². The number of hydrogen-bond donors (Lipinski definition) is 2. The number of aliphatic hydroxyl groups is 1. The first-order chi connectivity index (χ1) is 9.56. The molecule has 2 fully saturated rings. The Kier molecular flexibility index (Phi) is 5.88. The number of piperidine rings is 1. The molecule has 2 unspecified atom stereocenters. The average molecular weight is 282 g/mol. The summed E-state index contributed by atoms with van der Waals surface area (Å²) in [5.74, 6) is 1.36. The number of hydrogen-bond acceptors (Lipinski definition) is 3. The highest BCUT2D eigenvalue weighted by atomic mass is 16.3. The maximum absolute atomic E-state index is 9.24. The lowest BCUT2D eigenvalue weighted by Gasteiger charge is -2.37. The molecule has 0 aromatic rings. The Balaban J connectivity index is 1.85. The number of rotatable bonds is 6. The third kappa shape index (κ3) is 3.96. The van der Waals surface area contributed by atoms with Crippen molar-refractivity contribution in [3.05, 3.63) is 0 Å². The second-order valence-electron chi connectivity index (χ2n) is 7.65. The molecule has 1 saturated heterocycles. The van der Waals surface area contributed by atoms with E-state index in [4.69, 9.17) is 0 Å². The van der Waals surface area contributed by atoms with Crippen LogP contribution < -0.4 is 5.32 Å². The van der Waals surface area contributed by atoms with Gasteiger partial charge in [-0.3, -0.25) is 0 Å². The van der Waals surface area contributed by atoms with Crippen LogP contribution in [0, 0.1) is 17.3 Å². The Hall–Kier alpha value is -0.120. The third-order valence-corrected chi connectivity index (χ3v) is 5.55. The Labute approximate surface area is 125 Å². The quantitative estimate of drug-likeness (QED) is 0.786. The van der Waals surface area contributed by atoms with Gasteiger partial charge in [0.05, 0.1) is 0 Å². The van der Waals surface area contributed by atoms with Gasteiger partial charge in [-0.15, -0.1) is 0 Å².